The number of hydrogen-bond acceptors (Lipinski definition) is 9. The molecule has 16 heteroatoms. The van der Waals surface area contributed by atoms with E-state index in [9.17, 15) is 27.7 Å². The summed E-state index contributed by atoms with van der Waals surface area (Å²) < 4.78 is 50.2. The Kier molecular flexibility index (Phi) is 8.34. The van der Waals surface area contributed by atoms with Crippen LogP contribution in [-0.2, 0) is 10.2 Å². The third-order valence-electron chi connectivity index (χ3n) is 7.15. The highest BCUT2D eigenvalue weighted by Gasteiger charge is 2.23. The van der Waals surface area contributed by atoms with Gasteiger partial charge in [0.15, 0.2) is 11.6 Å². The molecule has 3 heterocycles. The average Bonchev–Trinajstić information content (AvgIpc) is 3.02. The summed E-state index contributed by atoms with van der Waals surface area (Å²) in [6.07, 6.45) is 1.89. The first-order valence-electron chi connectivity index (χ1n) is 13.4. The normalized spacial score (nSPS) is 13.6. The van der Waals surface area contributed by atoms with E-state index >= 15 is 0 Å². The molecule has 0 aliphatic carbocycles. The van der Waals surface area contributed by atoms with Crippen LogP contribution in [0.15, 0.2) is 59.8 Å². The standard InChI is InChI=1S/C28H27FN8O6S/c1-3-34(2)44(41,42)33-24-8-6-22(29)26(21(24)15-30)43-19-5-7-23-20(14-19)27(38)37(17-32-23)18-4-9-25(31-16-18)35-10-12-36(13-11-35)28(39)40/h4-9,14,16-17,33H,3,10-13H2,1-2H3,(H,39,40). The molecule has 0 radical (unpaired) electrons. The van der Waals surface area contributed by atoms with Gasteiger partial charge in [0.05, 0.1) is 28.5 Å². The quantitative estimate of drug-likeness (QED) is 0.297. The van der Waals surface area contributed by atoms with E-state index in [2.05, 4.69) is 14.7 Å². The van der Waals surface area contributed by atoms with E-state index in [1.54, 1.807) is 25.1 Å². The zero-order chi connectivity index (χ0) is 31.6. The molecular formula is C28H27FN8O6S. The number of fused-ring (bicyclic) bond motifs is 1. The number of ether oxygens (including phenoxy) is 1. The molecule has 1 amide bonds. The van der Waals surface area contributed by atoms with Crippen LogP contribution in [0, 0.1) is 17.1 Å². The van der Waals surface area contributed by atoms with Crippen LogP contribution in [0.1, 0.15) is 12.5 Å². The Morgan fingerprint density at radius 3 is 2.55 bits per heavy atom. The summed E-state index contributed by atoms with van der Waals surface area (Å²) in [7, 11) is -2.66. The second-order valence-electron chi connectivity index (χ2n) is 9.76. The van der Waals surface area contributed by atoms with E-state index in [-0.39, 0.29) is 28.9 Å². The minimum absolute atomic E-state index is 0.0178. The van der Waals surface area contributed by atoms with E-state index in [1.807, 2.05) is 4.90 Å². The molecule has 2 aromatic heterocycles. The highest BCUT2D eigenvalue weighted by molar-refractivity contribution is 7.90. The molecule has 2 aromatic carbocycles. The van der Waals surface area contributed by atoms with Crippen molar-refractivity contribution < 1.29 is 27.4 Å². The average molecular weight is 623 g/mol. The van der Waals surface area contributed by atoms with Crippen LogP contribution in [0.3, 0.4) is 0 Å². The third-order valence-corrected chi connectivity index (χ3v) is 8.71. The molecule has 5 rings (SSSR count). The van der Waals surface area contributed by atoms with Gasteiger partial charge in [-0.05, 0) is 42.5 Å². The Bertz CT molecular complexity index is 1940. The fourth-order valence-electron chi connectivity index (χ4n) is 4.54. The van der Waals surface area contributed by atoms with Crippen LogP contribution < -0.4 is 19.9 Å². The molecule has 0 bridgehead atoms. The van der Waals surface area contributed by atoms with Gasteiger partial charge in [0, 0.05) is 39.8 Å². The fourth-order valence-corrected chi connectivity index (χ4v) is 5.48. The number of rotatable bonds is 8. The number of hydrogen-bond donors (Lipinski definition) is 2. The summed E-state index contributed by atoms with van der Waals surface area (Å²) in [6, 6.07) is 11.6. The van der Waals surface area contributed by atoms with Crippen molar-refractivity contribution >= 4 is 38.7 Å². The van der Waals surface area contributed by atoms with Gasteiger partial charge in [-0.25, -0.2) is 19.2 Å². The Balaban J connectivity index is 1.43. The molecule has 1 fully saturated rings. The number of carbonyl (C=O) groups is 1. The number of nitriles is 1. The SMILES string of the molecule is CCN(C)S(=O)(=O)Nc1ccc(F)c(Oc2ccc3ncn(-c4ccc(N5CCN(C(=O)O)CC5)nc4)c(=O)c3c2)c1C#N. The van der Waals surface area contributed by atoms with Gasteiger partial charge in [0.2, 0.25) is 0 Å². The second-order valence-corrected chi connectivity index (χ2v) is 11.5. The summed E-state index contributed by atoms with van der Waals surface area (Å²) in [4.78, 5) is 36.7. The Morgan fingerprint density at radius 2 is 1.91 bits per heavy atom. The molecule has 228 valence electrons. The van der Waals surface area contributed by atoms with Crippen molar-refractivity contribution in [3.8, 4) is 23.3 Å². The number of piperazine rings is 1. The molecule has 0 atom stereocenters. The number of pyridine rings is 1. The van der Waals surface area contributed by atoms with Crippen LogP contribution >= 0.6 is 0 Å². The van der Waals surface area contributed by atoms with E-state index < -0.39 is 33.4 Å². The summed E-state index contributed by atoms with van der Waals surface area (Å²) in [5.74, 6) is -0.770. The zero-order valence-corrected chi connectivity index (χ0v) is 24.5. The van der Waals surface area contributed by atoms with Gasteiger partial charge >= 0.3 is 16.3 Å². The number of nitrogens with zero attached hydrogens (tertiary/aromatic N) is 7. The van der Waals surface area contributed by atoms with E-state index in [4.69, 9.17) is 9.84 Å². The lowest BCUT2D eigenvalue weighted by Crippen LogP contribution is -2.48. The molecule has 0 saturated carbocycles. The third kappa shape index (κ3) is 5.96. The number of nitrogens with one attached hydrogen (secondary N) is 1. The van der Waals surface area contributed by atoms with Gasteiger partial charge in [-0.1, -0.05) is 6.92 Å². The Labute approximate surface area is 251 Å². The Morgan fingerprint density at radius 1 is 1.16 bits per heavy atom. The molecule has 44 heavy (non-hydrogen) atoms. The van der Waals surface area contributed by atoms with Crippen molar-refractivity contribution in [2.24, 2.45) is 0 Å². The van der Waals surface area contributed by atoms with Gasteiger partial charge in [-0.15, -0.1) is 0 Å². The second kappa shape index (κ2) is 12.1. The number of aromatic nitrogens is 3. The van der Waals surface area contributed by atoms with E-state index in [0.717, 1.165) is 16.4 Å². The van der Waals surface area contributed by atoms with Crippen LogP contribution in [0.5, 0.6) is 11.5 Å². The lowest BCUT2D eigenvalue weighted by molar-refractivity contribution is 0.142. The largest absolute Gasteiger partial charge is 0.465 e. The van der Waals surface area contributed by atoms with Gasteiger partial charge in [-0.3, -0.25) is 14.1 Å². The number of amides is 1. The summed E-state index contributed by atoms with van der Waals surface area (Å²) in [5, 5.41) is 19.1. The molecule has 2 N–H and O–H groups in total. The van der Waals surface area contributed by atoms with Crippen LogP contribution in [0.25, 0.3) is 16.6 Å². The predicted octanol–water partition coefficient (Wildman–Crippen LogP) is 2.99. The molecule has 4 aromatic rings. The molecule has 0 spiro atoms. The lowest BCUT2D eigenvalue weighted by Gasteiger charge is -2.33. The molecule has 14 nitrogen and oxygen atoms in total. The van der Waals surface area contributed by atoms with Gasteiger partial charge in [-0.2, -0.15) is 18.0 Å². The lowest BCUT2D eigenvalue weighted by atomic mass is 10.1. The van der Waals surface area contributed by atoms with Crippen molar-refractivity contribution in [1.82, 2.24) is 23.7 Å². The van der Waals surface area contributed by atoms with Gasteiger partial charge in [0.1, 0.15) is 29.5 Å². The highest BCUT2D eigenvalue weighted by atomic mass is 32.2. The first-order valence-corrected chi connectivity index (χ1v) is 14.8. The van der Waals surface area contributed by atoms with Gasteiger partial charge in [0.25, 0.3) is 5.56 Å². The maximum Gasteiger partial charge on any atom is 0.407 e. The number of carboxylic acid groups (broad SMARTS) is 1. The van der Waals surface area contributed by atoms with Crippen molar-refractivity contribution in [3.05, 3.63) is 76.7 Å². The summed E-state index contributed by atoms with van der Waals surface area (Å²) in [5.41, 5.74) is -0.246. The minimum Gasteiger partial charge on any atom is -0.465 e. The van der Waals surface area contributed by atoms with E-state index in [0.29, 0.717) is 43.2 Å². The molecule has 1 saturated heterocycles. The maximum absolute atomic E-state index is 14.9. The number of benzene rings is 2. The smallest absolute Gasteiger partial charge is 0.407 e. The van der Waals surface area contributed by atoms with Crippen molar-refractivity contribution in [2.45, 2.75) is 6.92 Å². The van der Waals surface area contributed by atoms with Crippen molar-refractivity contribution in [3.63, 3.8) is 0 Å². The molecular weight excluding hydrogens is 595 g/mol. The van der Waals surface area contributed by atoms with Crippen molar-refractivity contribution in [2.75, 3.05) is 49.4 Å². The summed E-state index contributed by atoms with van der Waals surface area (Å²) >= 11 is 0. The van der Waals surface area contributed by atoms with E-state index in [1.165, 1.54) is 47.2 Å². The summed E-state index contributed by atoms with van der Waals surface area (Å²) in [6.45, 7) is 3.47. The number of halogens is 1. The molecule has 0 unspecified atom stereocenters. The minimum atomic E-state index is -4.01. The van der Waals surface area contributed by atoms with Gasteiger partial charge < -0.3 is 19.6 Å². The zero-order valence-electron chi connectivity index (χ0n) is 23.6. The topological polar surface area (TPSA) is 174 Å². The fraction of sp³-hybridized carbons (Fsp3) is 0.250. The first kappa shape index (κ1) is 30.2. The molecule has 1 aliphatic heterocycles. The number of anilines is 2. The monoisotopic (exact) mass is 622 g/mol. The van der Waals surface area contributed by atoms with Crippen LogP contribution in [0.4, 0.5) is 20.7 Å². The van der Waals surface area contributed by atoms with Crippen LogP contribution in [-0.4, -0.2) is 83.1 Å². The van der Waals surface area contributed by atoms with Crippen molar-refractivity contribution in [1.29, 1.82) is 5.26 Å². The molecule has 1 aliphatic rings. The predicted molar refractivity (Wildman–Crippen MR) is 159 cm³/mol. The Hall–Kier alpha value is -5.27. The van der Waals surface area contributed by atoms with Crippen LogP contribution in [0.2, 0.25) is 0 Å². The highest BCUT2D eigenvalue weighted by Crippen LogP contribution is 2.34. The first-order chi connectivity index (χ1) is 21.0. The maximum atomic E-state index is 14.9.